The van der Waals surface area contributed by atoms with Gasteiger partial charge in [0, 0.05) is 11.4 Å². The maximum absolute atomic E-state index is 13.2. The molecular weight excluding hydrogens is 345 g/mol. The summed E-state index contributed by atoms with van der Waals surface area (Å²) < 4.78 is 40.1. The van der Waals surface area contributed by atoms with Crippen LogP contribution < -0.4 is 4.72 Å². The Labute approximate surface area is 129 Å². The van der Waals surface area contributed by atoms with Crippen molar-refractivity contribution in [2.24, 2.45) is 5.41 Å². The van der Waals surface area contributed by atoms with Crippen LogP contribution in [-0.4, -0.2) is 19.8 Å². The molecule has 1 aromatic carbocycles. The predicted molar refractivity (Wildman–Crippen MR) is 83.1 cm³/mol. The number of sulfonamides is 1. The van der Waals surface area contributed by atoms with E-state index in [9.17, 15) is 12.8 Å². The summed E-state index contributed by atoms with van der Waals surface area (Å²) in [5.74, 6) is -0.555. The molecule has 0 aliphatic heterocycles. The van der Waals surface area contributed by atoms with E-state index in [-0.39, 0.29) is 21.7 Å². The topological polar surface area (TPSA) is 46.2 Å². The molecule has 0 amide bonds. The summed E-state index contributed by atoms with van der Waals surface area (Å²) in [5.41, 5.74) is 0.634. The molecule has 1 atom stereocenters. The van der Waals surface area contributed by atoms with E-state index in [1.807, 2.05) is 0 Å². The third-order valence-corrected chi connectivity index (χ3v) is 4.98. The van der Waals surface area contributed by atoms with E-state index in [1.54, 1.807) is 6.92 Å². The average molecular weight is 366 g/mol. The minimum absolute atomic E-state index is 0.00652. The van der Waals surface area contributed by atoms with Gasteiger partial charge in [0.25, 0.3) is 0 Å². The minimum Gasteiger partial charge on any atom is -0.210 e. The fourth-order valence-electron chi connectivity index (χ4n) is 1.88. The Hall–Kier alpha value is -0.460. The lowest BCUT2D eigenvalue weighted by atomic mass is 9.91. The van der Waals surface area contributed by atoms with Crippen molar-refractivity contribution >= 4 is 26.0 Å². The van der Waals surface area contributed by atoms with E-state index >= 15 is 0 Å². The van der Waals surface area contributed by atoms with Gasteiger partial charge in [-0.15, -0.1) is 0 Å². The lowest BCUT2D eigenvalue weighted by molar-refractivity contribution is 0.373. The number of rotatable bonds is 5. The monoisotopic (exact) mass is 365 g/mol. The molecule has 0 saturated heterocycles. The van der Waals surface area contributed by atoms with Gasteiger partial charge >= 0.3 is 0 Å². The van der Waals surface area contributed by atoms with Crippen molar-refractivity contribution in [2.75, 3.05) is 6.54 Å². The molecule has 0 spiro atoms. The largest absolute Gasteiger partial charge is 0.240 e. The molecule has 0 radical (unpaired) electrons. The highest BCUT2D eigenvalue weighted by Gasteiger charge is 2.21. The van der Waals surface area contributed by atoms with Crippen LogP contribution in [0.3, 0.4) is 0 Å². The zero-order valence-electron chi connectivity index (χ0n) is 12.2. The Morgan fingerprint density at radius 2 is 1.95 bits per heavy atom. The number of halogens is 2. The molecule has 0 saturated carbocycles. The van der Waals surface area contributed by atoms with Crippen molar-refractivity contribution in [3.63, 3.8) is 0 Å². The Morgan fingerprint density at radius 3 is 2.50 bits per heavy atom. The van der Waals surface area contributed by atoms with Crippen LogP contribution in [0.5, 0.6) is 0 Å². The van der Waals surface area contributed by atoms with Crippen molar-refractivity contribution in [2.45, 2.75) is 43.8 Å². The second-order valence-corrected chi connectivity index (χ2v) is 9.15. The van der Waals surface area contributed by atoms with Gasteiger partial charge in [0.15, 0.2) is 0 Å². The van der Waals surface area contributed by atoms with Crippen molar-refractivity contribution in [1.82, 2.24) is 4.72 Å². The zero-order valence-corrected chi connectivity index (χ0v) is 14.6. The molecule has 0 bridgehead atoms. The lowest BCUT2D eigenvalue weighted by Crippen LogP contribution is -2.32. The van der Waals surface area contributed by atoms with Gasteiger partial charge in [-0.3, -0.25) is 0 Å². The molecule has 1 N–H and O–H groups in total. The van der Waals surface area contributed by atoms with E-state index in [1.165, 1.54) is 12.1 Å². The Balaban J connectivity index is 2.78. The summed E-state index contributed by atoms with van der Waals surface area (Å²) in [6, 6.07) is 3.76. The van der Waals surface area contributed by atoms with Gasteiger partial charge in [0.05, 0.1) is 4.90 Å². The smallest absolute Gasteiger partial charge is 0.210 e. The number of hydrogen-bond donors (Lipinski definition) is 1. The van der Waals surface area contributed by atoms with Gasteiger partial charge < -0.3 is 0 Å². The summed E-state index contributed by atoms with van der Waals surface area (Å²) in [6.45, 7) is 8.19. The molecule has 20 heavy (non-hydrogen) atoms. The number of hydrogen-bond acceptors (Lipinski definition) is 2. The van der Waals surface area contributed by atoms with Crippen molar-refractivity contribution in [3.8, 4) is 0 Å². The zero-order chi connectivity index (χ0) is 15.6. The normalized spacial score (nSPS) is 14.3. The van der Waals surface area contributed by atoms with Gasteiger partial charge in [-0.1, -0.05) is 42.8 Å². The summed E-state index contributed by atoms with van der Waals surface area (Å²) >= 11 is 3.47. The molecule has 1 rings (SSSR count). The maximum Gasteiger partial charge on any atom is 0.240 e. The van der Waals surface area contributed by atoms with Gasteiger partial charge in [-0.05, 0) is 36.5 Å². The highest BCUT2D eigenvalue weighted by atomic mass is 79.9. The van der Waals surface area contributed by atoms with Crippen molar-refractivity contribution in [3.05, 3.63) is 29.6 Å². The van der Waals surface area contributed by atoms with Crippen LogP contribution in [0.4, 0.5) is 4.39 Å². The summed E-state index contributed by atoms with van der Waals surface area (Å²) in [6.07, 6.45) is 0.831. The number of nitrogens with one attached hydrogen (secondary N) is 1. The molecule has 0 aliphatic rings. The first kappa shape index (κ1) is 17.6. The Bertz CT molecular complexity index is 567. The van der Waals surface area contributed by atoms with Gasteiger partial charge in [0.1, 0.15) is 5.82 Å². The molecule has 3 nitrogen and oxygen atoms in total. The second-order valence-electron chi connectivity index (χ2n) is 6.12. The van der Waals surface area contributed by atoms with Crippen LogP contribution in [0.2, 0.25) is 0 Å². The van der Waals surface area contributed by atoms with Crippen LogP contribution in [-0.2, 0) is 10.0 Å². The van der Waals surface area contributed by atoms with Crippen LogP contribution in [0.1, 0.15) is 32.8 Å². The number of alkyl halides is 1. The highest BCUT2D eigenvalue weighted by molar-refractivity contribution is 9.09. The molecule has 6 heteroatoms. The highest BCUT2D eigenvalue weighted by Crippen LogP contribution is 2.24. The molecule has 0 aliphatic carbocycles. The average Bonchev–Trinajstić information content (AvgIpc) is 2.27. The number of aryl methyl sites for hydroxylation is 1. The molecular formula is C14H21BrFNO2S. The quantitative estimate of drug-likeness (QED) is 0.810. The molecule has 0 heterocycles. The molecule has 114 valence electrons. The molecule has 0 fully saturated rings. The van der Waals surface area contributed by atoms with E-state index < -0.39 is 15.8 Å². The second kappa shape index (κ2) is 6.54. The summed E-state index contributed by atoms with van der Waals surface area (Å²) in [4.78, 5) is 0.0269. The van der Waals surface area contributed by atoms with Crippen LogP contribution in [0.25, 0.3) is 0 Å². The first-order chi connectivity index (χ1) is 9.01. The van der Waals surface area contributed by atoms with Gasteiger partial charge in [-0.25, -0.2) is 17.5 Å². The molecule has 1 unspecified atom stereocenters. The summed E-state index contributed by atoms with van der Waals surface area (Å²) in [5, 5.41) is 0. The van der Waals surface area contributed by atoms with E-state index in [4.69, 9.17) is 0 Å². The van der Waals surface area contributed by atoms with Crippen LogP contribution in [0.15, 0.2) is 23.1 Å². The SMILES string of the molecule is Cc1ccc(F)cc1S(=O)(=O)NCC(Br)CC(C)(C)C. The predicted octanol–water partition coefficient (Wildman–Crippen LogP) is 3.61. The fraction of sp³-hybridized carbons (Fsp3) is 0.571. The van der Waals surface area contributed by atoms with Crippen molar-refractivity contribution < 1.29 is 12.8 Å². The first-order valence-corrected chi connectivity index (χ1v) is 8.81. The Kier molecular flexibility index (Phi) is 5.75. The van der Waals surface area contributed by atoms with Gasteiger partial charge in [-0.2, -0.15) is 0 Å². The minimum atomic E-state index is -3.68. The van der Waals surface area contributed by atoms with E-state index in [0.717, 1.165) is 12.5 Å². The molecule has 0 aromatic heterocycles. The van der Waals surface area contributed by atoms with E-state index in [0.29, 0.717) is 5.56 Å². The van der Waals surface area contributed by atoms with Gasteiger partial charge in [0.2, 0.25) is 10.0 Å². The number of benzene rings is 1. The third-order valence-electron chi connectivity index (χ3n) is 2.77. The summed E-state index contributed by atoms with van der Waals surface area (Å²) in [7, 11) is -3.68. The first-order valence-electron chi connectivity index (χ1n) is 6.41. The van der Waals surface area contributed by atoms with Crippen molar-refractivity contribution in [1.29, 1.82) is 0 Å². The Morgan fingerprint density at radius 1 is 1.35 bits per heavy atom. The lowest BCUT2D eigenvalue weighted by Gasteiger charge is -2.22. The standard InChI is InChI=1S/C14H21BrFNO2S/c1-10-5-6-12(16)7-13(10)20(18,19)17-9-11(15)8-14(2,3)4/h5-7,11,17H,8-9H2,1-4H3. The molecule has 1 aromatic rings. The van der Waals surface area contributed by atoms with Crippen LogP contribution >= 0.6 is 15.9 Å². The third kappa shape index (κ3) is 5.50. The maximum atomic E-state index is 13.2. The fourth-order valence-corrected chi connectivity index (χ4v) is 4.56. The van der Waals surface area contributed by atoms with E-state index in [2.05, 4.69) is 41.4 Å². The van der Waals surface area contributed by atoms with Crippen LogP contribution in [0, 0.1) is 18.2 Å².